The molecule has 0 atom stereocenters. The molecule has 0 saturated carbocycles. The molecule has 3 nitrogen and oxygen atoms in total. The Morgan fingerprint density at radius 3 is 2.65 bits per heavy atom. The highest BCUT2D eigenvalue weighted by Crippen LogP contribution is 2.24. The molecule has 0 radical (unpaired) electrons. The summed E-state index contributed by atoms with van der Waals surface area (Å²) in [5.41, 5.74) is 2.97. The minimum atomic E-state index is 0.250. The molecule has 5 heteroatoms. The van der Waals surface area contributed by atoms with Crippen LogP contribution in [0.25, 0.3) is 0 Å². The molecule has 0 bridgehead atoms. The van der Waals surface area contributed by atoms with E-state index in [9.17, 15) is 0 Å². The zero-order chi connectivity index (χ0) is 12.4. The van der Waals surface area contributed by atoms with Crippen LogP contribution in [0.5, 0.6) is 0 Å². The first-order valence-electron chi connectivity index (χ1n) is 5.09. The van der Waals surface area contributed by atoms with Gasteiger partial charge < -0.3 is 5.32 Å². The maximum absolute atomic E-state index is 5.82. The zero-order valence-electron chi connectivity index (χ0n) is 9.46. The summed E-state index contributed by atoms with van der Waals surface area (Å²) < 4.78 is 1.02. The van der Waals surface area contributed by atoms with E-state index in [0.29, 0.717) is 5.82 Å². The van der Waals surface area contributed by atoms with Crippen LogP contribution in [0.15, 0.2) is 28.7 Å². The molecule has 0 saturated heterocycles. The van der Waals surface area contributed by atoms with Gasteiger partial charge in [-0.05, 0) is 43.1 Å². The van der Waals surface area contributed by atoms with Crippen molar-refractivity contribution in [3.8, 4) is 0 Å². The van der Waals surface area contributed by atoms with Gasteiger partial charge in [-0.25, -0.2) is 9.97 Å². The largest absolute Gasteiger partial charge is 0.340 e. The maximum atomic E-state index is 5.82. The quantitative estimate of drug-likeness (QED) is 0.842. The second-order valence-corrected chi connectivity index (χ2v) is 5.00. The van der Waals surface area contributed by atoms with Crippen molar-refractivity contribution < 1.29 is 0 Å². The third-order valence-corrected chi connectivity index (χ3v) is 2.95. The van der Waals surface area contributed by atoms with Crippen molar-refractivity contribution in [2.45, 2.75) is 13.8 Å². The number of halogens is 2. The number of hydrogen-bond donors (Lipinski definition) is 1. The van der Waals surface area contributed by atoms with Crippen LogP contribution in [0, 0.1) is 13.8 Å². The molecule has 0 unspecified atom stereocenters. The standard InChI is InChI=1S/C12H11BrClN3/c1-7-3-4-9(13)6-10(7)16-11-5-8(2)15-12(14)17-11/h3-6H,1-2H3,(H,15,16,17). The molecular formula is C12H11BrClN3. The SMILES string of the molecule is Cc1cc(Nc2cc(Br)ccc2C)nc(Cl)n1. The lowest BCUT2D eigenvalue weighted by Gasteiger charge is -2.09. The fraction of sp³-hybridized carbons (Fsp3) is 0.167. The molecule has 2 aromatic rings. The molecule has 0 aliphatic heterocycles. The predicted octanol–water partition coefficient (Wildman–Crippen LogP) is 4.25. The Morgan fingerprint density at radius 1 is 1.18 bits per heavy atom. The minimum Gasteiger partial charge on any atom is -0.340 e. The Balaban J connectivity index is 2.34. The molecule has 0 spiro atoms. The summed E-state index contributed by atoms with van der Waals surface area (Å²) in [5, 5.41) is 3.48. The fourth-order valence-electron chi connectivity index (χ4n) is 1.46. The first-order chi connectivity index (χ1) is 8.04. The fourth-order valence-corrected chi connectivity index (χ4v) is 2.05. The summed E-state index contributed by atoms with van der Waals surface area (Å²) in [4.78, 5) is 8.15. The molecule has 17 heavy (non-hydrogen) atoms. The van der Waals surface area contributed by atoms with Crippen molar-refractivity contribution in [1.82, 2.24) is 9.97 Å². The number of nitrogens with one attached hydrogen (secondary N) is 1. The average Bonchev–Trinajstić information content (AvgIpc) is 2.22. The number of nitrogens with zero attached hydrogens (tertiary/aromatic N) is 2. The Morgan fingerprint density at radius 2 is 1.94 bits per heavy atom. The Labute approximate surface area is 113 Å². The predicted molar refractivity (Wildman–Crippen MR) is 73.9 cm³/mol. The van der Waals surface area contributed by atoms with Crippen LogP contribution in [0.4, 0.5) is 11.5 Å². The van der Waals surface area contributed by atoms with E-state index in [4.69, 9.17) is 11.6 Å². The Bertz CT molecular complexity index is 537. The summed E-state index contributed by atoms with van der Waals surface area (Å²) in [6, 6.07) is 7.88. The molecular weight excluding hydrogens is 302 g/mol. The van der Waals surface area contributed by atoms with Crippen molar-refractivity contribution in [3.63, 3.8) is 0 Å². The van der Waals surface area contributed by atoms with E-state index in [2.05, 4.69) is 31.2 Å². The van der Waals surface area contributed by atoms with Crippen LogP contribution < -0.4 is 5.32 Å². The smallest absolute Gasteiger partial charge is 0.224 e. The third-order valence-electron chi connectivity index (χ3n) is 2.29. The van der Waals surface area contributed by atoms with E-state index in [1.807, 2.05) is 38.1 Å². The molecule has 0 aliphatic rings. The van der Waals surface area contributed by atoms with Gasteiger partial charge in [0.1, 0.15) is 5.82 Å². The average molecular weight is 313 g/mol. The van der Waals surface area contributed by atoms with Gasteiger partial charge in [0.05, 0.1) is 0 Å². The lowest BCUT2D eigenvalue weighted by molar-refractivity contribution is 1.10. The number of benzene rings is 1. The van der Waals surface area contributed by atoms with Crippen molar-refractivity contribution >= 4 is 39.0 Å². The first-order valence-corrected chi connectivity index (χ1v) is 6.26. The van der Waals surface area contributed by atoms with Gasteiger partial charge >= 0.3 is 0 Å². The molecule has 0 fully saturated rings. The van der Waals surface area contributed by atoms with Crippen LogP contribution in [0.2, 0.25) is 5.28 Å². The normalized spacial score (nSPS) is 10.4. The highest BCUT2D eigenvalue weighted by atomic mass is 79.9. The van der Waals surface area contributed by atoms with Crippen molar-refractivity contribution in [3.05, 3.63) is 45.3 Å². The third kappa shape index (κ3) is 3.17. The monoisotopic (exact) mass is 311 g/mol. The van der Waals surface area contributed by atoms with Crippen LogP contribution in [0.3, 0.4) is 0 Å². The maximum Gasteiger partial charge on any atom is 0.224 e. The van der Waals surface area contributed by atoms with Crippen molar-refractivity contribution in [2.75, 3.05) is 5.32 Å². The highest BCUT2D eigenvalue weighted by Gasteiger charge is 2.03. The molecule has 1 N–H and O–H groups in total. The molecule has 0 amide bonds. The van der Waals surface area contributed by atoms with Gasteiger partial charge in [0, 0.05) is 21.9 Å². The molecule has 1 aromatic carbocycles. The molecule has 2 rings (SSSR count). The lowest BCUT2D eigenvalue weighted by Crippen LogP contribution is -1.98. The second kappa shape index (κ2) is 5.02. The minimum absolute atomic E-state index is 0.250. The van der Waals surface area contributed by atoms with Gasteiger partial charge in [-0.3, -0.25) is 0 Å². The zero-order valence-corrected chi connectivity index (χ0v) is 11.8. The van der Waals surface area contributed by atoms with Gasteiger partial charge in [-0.15, -0.1) is 0 Å². The first kappa shape index (κ1) is 12.3. The van der Waals surface area contributed by atoms with E-state index >= 15 is 0 Å². The van der Waals surface area contributed by atoms with Crippen molar-refractivity contribution in [1.29, 1.82) is 0 Å². The van der Waals surface area contributed by atoms with Gasteiger partial charge in [-0.2, -0.15) is 0 Å². The van der Waals surface area contributed by atoms with Crippen LogP contribution in [-0.2, 0) is 0 Å². The van der Waals surface area contributed by atoms with E-state index in [1.165, 1.54) is 0 Å². The van der Waals surface area contributed by atoms with E-state index < -0.39 is 0 Å². The van der Waals surface area contributed by atoms with Crippen LogP contribution in [-0.4, -0.2) is 9.97 Å². The van der Waals surface area contributed by atoms with Gasteiger partial charge in [0.15, 0.2) is 0 Å². The Kier molecular flexibility index (Phi) is 3.64. The second-order valence-electron chi connectivity index (χ2n) is 3.75. The van der Waals surface area contributed by atoms with Gasteiger partial charge in [0.25, 0.3) is 0 Å². The molecule has 0 aliphatic carbocycles. The molecule has 88 valence electrons. The molecule has 1 aromatic heterocycles. The Hall–Kier alpha value is -1.13. The van der Waals surface area contributed by atoms with E-state index in [0.717, 1.165) is 21.4 Å². The topological polar surface area (TPSA) is 37.8 Å². The van der Waals surface area contributed by atoms with Crippen LogP contribution in [0.1, 0.15) is 11.3 Å². The van der Waals surface area contributed by atoms with E-state index in [1.54, 1.807) is 0 Å². The summed E-state index contributed by atoms with van der Waals surface area (Å²) >= 11 is 9.26. The number of rotatable bonds is 2. The van der Waals surface area contributed by atoms with Crippen molar-refractivity contribution in [2.24, 2.45) is 0 Å². The highest BCUT2D eigenvalue weighted by molar-refractivity contribution is 9.10. The van der Waals surface area contributed by atoms with Gasteiger partial charge in [-0.1, -0.05) is 22.0 Å². The summed E-state index contributed by atoms with van der Waals surface area (Å²) in [7, 11) is 0. The number of aromatic nitrogens is 2. The van der Waals surface area contributed by atoms with E-state index in [-0.39, 0.29) is 5.28 Å². The van der Waals surface area contributed by atoms with Crippen LogP contribution >= 0.6 is 27.5 Å². The summed E-state index contributed by atoms with van der Waals surface area (Å²) in [6.07, 6.45) is 0. The number of anilines is 2. The molecule has 1 heterocycles. The van der Waals surface area contributed by atoms with Gasteiger partial charge in [0.2, 0.25) is 5.28 Å². The number of hydrogen-bond acceptors (Lipinski definition) is 3. The summed E-state index contributed by atoms with van der Waals surface area (Å²) in [6.45, 7) is 3.91. The lowest BCUT2D eigenvalue weighted by atomic mass is 10.2. The summed E-state index contributed by atoms with van der Waals surface area (Å²) in [5.74, 6) is 0.698. The number of aryl methyl sites for hydroxylation is 2.